The van der Waals surface area contributed by atoms with Crippen LogP contribution in [0.15, 0.2) is 24.3 Å². The maximum atomic E-state index is 4.60. The summed E-state index contributed by atoms with van der Waals surface area (Å²) in [5.41, 5.74) is 2.23. The topological polar surface area (TPSA) is 34.3 Å². The first-order valence-corrected chi connectivity index (χ1v) is 6.75. The molecule has 1 heterocycles. The van der Waals surface area contributed by atoms with Crippen molar-refractivity contribution in [1.82, 2.24) is 9.55 Å². The minimum atomic E-state index is 0.961. The molecular formula is C14H23N4+. The molecule has 0 atom stereocenters. The molecule has 98 valence electrons. The second-order valence-electron chi connectivity index (χ2n) is 4.62. The molecule has 0 saturated heterocycles. The van der Waals surface area contributed by atoms with Gasteiger partial charge in [-0.05, 0) is 26.0 Å². The number of fused-ring (bicyclic) bond motifs is 1. The quantitative estimate of drug-likeness (QED) is 0.796. The highest BCUT2D eigenvalue weighted by molar-refractivity contribution is 5.78. The van der Waals surface area contributed by atoms with E-state index >= 15 is 0 Å². The van der Waals surface area contributed by atoms with Crippen molar-refractivity contribution in [1.29, 1.82) is 0 Å². The van der Waals surface area contributed by atoms with Crippen LogP contribution in [0.25, 0.3) is 11.0 Å². The van der Waals surface area contributed by atoms with Gasteiger partial charge in [0.2, 0.25) is 5.95 Å². The second kappa shape index (κ2) is 5.87. The molecule has 2 rings (SSSR count). The van der Waals surface area contributed by atoms with Crippen LogP contribution in [-0.2, 0) is 7.05 Å². The van der Waals surface area contributed by atoms with Crippen LogP contribution in [0, 0.1) is 0 Å². The SMILES string of the molecule is CC[NH+](CC)CCNc1nc2ccccc2n1C. The first kappa shape index (κ1) is 12.9. The van der Waals surface area contributed by atoms with E-state index in [-0.39, 0.29) is 0 Å². The number of nitrogens with zero attached hydrogens (tertiary/aromatic N) is 2. The second-order valence-corrected chi connectivity index (χ2v) is 4.62. The lowest BCUT2D eigenvalue weighted by Crippen LogP contribution is -3.12. The van der Waals surface area contributed by atoms with Gasteiger partial charge in [0, 0.05) is 7.05 Å². The standard InChI is InChI=1S/C14H22N4/c1-4-18(5-2)11-10-15-14-16-12-8-6-7-9-13(12)17(14)3/h6-9H,4-5,10-11H2,1-3H3,(H,15,16)/p+1. The fraction of sp³-hybridized carbons (Fsp3) is 0.500. The third kappa shape index (κ3) is 2.64. The van der Waals surface area contributed by atoms with Crippen molar-refractivity contribution in [3.8, 4) is 0 Å². The lowest BCUT2D eigenvalue weighted by atomic mass is 10.3. The fourth-order valence-corrected chi connectivity index (χ4v) is 2.26. The van der Waals surface area contributed by atoms with Crippen molar-refractivity contribution in [3.63, 3.8) is 0 Å². The minimum absolute atomic E-state index is 0.961. The summed E-state index contributed by atoms with van der Waals surface area (Å²) < 4.78 is 2.12. The molecule has 0 aliphatic carbocycles. The highest BCUT2D eigenvalue weighted by Gasteiger charge is 2.07. The molecule has 1 aromatic carbocycles. The van der Waals surface area contributed by atoms with Gasteiger partial charge in [-0.1, -0.05) is 12.1 Å². The Kier molecular flexibility index (Phi) is 4.20. The fourth-order valence-electron chi connectivity index (χ4n) is 2.26. The molecule has 0 unspecified atom stereocenters. The van der Waals surface area contributed by atoms with E-state index < -0.39 is 0 Å². The Morgan fingerprint density at radius 3 is 2.61 bits per heavy atom. The molecular weight excluding hydrogens is 224 g/mol. The molecule has 18 heavy (non-hydrogen) atoms. The number of aromatic nitrogens is 2. The van der Waals surface area contributed by atoms with Crippen LogP contribution in [0.1, 0.15) is 13.8 Å². The summed E-state index contributed by atoms with van der Waals surface area (Å²) in [5, 5.41) is 3.43. The molecule has 0 saturated carbocycles. The zero-order chi connectivity index (χ0) is 13.0. The highest BCUT2D eigenvalue weighted by atomic mass is 15.2. The predicted molar refractivity (Wildman–Crippen MR) is 76.1 cm³/mol. The average Bonchev–Trinajstić information content (AvgIpc) is 2.72. The summed E-state index contributed by atoms with van der Waals surface area (Å²) in [6.45, 7) is 8.92. The van der Waals surface area contributed by atoms with Gasteiger partial charge in [0.1, 0.15) is 0 Å². The van der Waals surface area contributed by atoms with E-state index in [9.17, 15) is 0 Å². The molecule has 0 aliphatic rings. The van der Waals surface area contributed by atoms with Gasteiger partial charge in [-0.15, -0.1) is 0 Å². The summed E-state index contributed by atoms with van der Waals surface area (Å²) in [6, 6.07) is 8.23. The third-order valence-corrected chi connectivity index (χ3v) is 3.55. The molecule has 0 radical (unpaired) electrons. The van der Waals surface area contributed by atoms with Crippen molar-refractivity contribution in [2.45, 2.75) is 13.8 Å². The van der Waals surface area contributed by atoms with Gasteiger partial charge in [-0.25, -0.2) is 4.98 Å². The van der Waals surface area contributed by atoms with Crippen molar-refractivity contribution in [2.75, 3.05) is 31.5 Å². The first-order chi connectivity index (χ1) is 8.76. The lowest BCUT2D eigenvalue weighted by molar-refractivity contribution is -0.894. The first-order valence-electron chi connectivity index (χ1n) is 6.75. The highest BCUT2D eigenvalue weighted by Crippen LogP contribution is 2.16. The van der Waals surface area contributed by atoms with E-state index in [1.807, 2.05) is 12.1 Å². The van der Waals surface area contributed by atoms with Gasteiger partial charge in [-0.2, -0.15) is 0 Å². The monoisotopic (exact) mass is 247 g/mol. The average molecular weight is 247 g/mol. The summed E-state index contributed by atoms with van der Waals surface area (Å²) >= 11 is 0. The Morgan fingerprint density at radius 1 is 1.22 bits per heavy atom. The Hall–Kier alpha value is -1.55. The number of quaternary nitrogens is 1. The van der Waals surface area contributed by atoms with Crippen molar-refractivity contribution in [2.24, 2.45) is 7.05 Å². The van der Waals surface area contributed by atoms with Crippen LogP contribution < -0.4 is 10.2 Å². The van der Waals surface area contributed by atoms with Gasteiger partial charge in [0.15, 0.2) is 0 Å². The Labute approximate surface area is 109 Å². The molecule has 0 bridgehead atoms. The maximum absolute atomic E-state index is 4.60. The Morgan fingerprint density at radius 2 is 1.94 bits per heavy atom. The van der Waals surface area contributed by atoms with Crippen LogP contribution in [0.3, 0.4) is 0 Å². The molecule has 0 amide bonds. The van der Waals surface area contributed by atoms with Crippen molar-refractivity contribution >= 4 is 17.0 Å². The van der Waals surface area contributed by atoms with E-state index in [1.165, 1.54) is 18.6 Å². The normalized spacial score (nSPS) is 11.3. The number of benzene rings is 1. The van der Waals surface area contributed by atoms with E-state index in [0.717, 1.165) is 24.6 Å². The molecule has 2 N–H and O–H groups in total. The van der Waals surface area contributed by atoms with Crippen molar-refractivity contribution in [3.05, 3.63) is 24.3 Å². The number of likely N-dealkylation sites (N-methyl/N-ethyl adjacent to an activating group) is 1. The Balaban J connectivity index is 2.01. The van der Waals surface area contributed by atoms with E-state index in [1.54, 1.807) is 4.90 Å². The molecule has 0 aliphatic heterocycles. The number of imidazole rings is 1. The maximum Gasteiger partial charge on any atom is 0.203 e. The minimum Gasteiger partial charge on any atom is -0.350 e. The third-order valence-electron chi connectivity index (χ3n) is 3.55. The molecule has 0 spiro atoms. The Bertz CT molecular complexity index is 499. The van der Waals surface area contributed by atoms with Crippen LogP contribution in [0.4, 0.5) is 5.95 Å². The number of hydrogen-bond acceptors (Lipinski definition) is 2. The largest absolute Gasteiger partial charge is 0.350 e. The van der Waals surface area contributed by atoms with E-state index in [4.69, 9.17) is 0 Å². The summed E-state index contributed by atoms with van der Waals surface area (Å²) in [7, 11) is 2.06. The zero-order valence-corrected chi connectivity index (χ0v) is 11.5. The van der Waals surface area contributed by atoms with E-state index in [0.29, 0.717) is 0 Å². The van der Waals surface area contributed by atoms with Gasteiger partial charge in [0.05, 0.1) is 37.2 Å². The van der Waals surface area contributed by atoms with Gasteiger partial charge in [-0.3, -0.25) is 0 Å². The van der Waals surface area contributed by atoms with Crippen LogP contribution >= 0.6 is 0 Å². The number of nitrogens with one attached hydrogen (secondary N) is 2. The molecule has 4 nitrogen and oxygen atoms in total. The van der Waals surface area contributed by atoms with Crippen LogP contribution in [-0.4, -0.2) is 35.7 Å². The van der Waals surface area contributed by atoms with E-state index in [2.05, 4.69) is 47.9 Å². The lowest BCUT2D eigenvalue weighted by Gasteiger charge is -2.15. The number of rotatable bonds is 6. The molecule has 1 aromatic heterocycles. The zero-order valence-electron chi connectivity index (χ0n) is 11.5. The molecule has 2 aromatic rings. The number of hydrogen-bond donors (Lipinski definition) is 2. The number of para-hydroxylation sites is 2. The smallest absolute Gasteiger partial charge is 0.203 e. The summed E-state index contributed by atoms with van der Waals surface area (Å²) in [5.74, 6) is 0.961. The van der Waals surface area contributed by atoms with Crippen LogP contribution in [0.2, 0.25) is 0 Å². The predicted octanol–water partition coefficient (Wildman–Crippen LogP) is 0.910. The number of anilines is 1. The summed E-state index contributed by atoms with van der Waals surface area (Å²) in [4.78, 5) is 6.22. The van der Waals surface area contributed by atoms with Crippen molar-refractivity contribution < 1.29 is 4.90 Å². The van der Waals surface area contributed by atoms with Gasteiger partial charge in [0.25, 0.3) is 0 Å². The number of aryl methyl sites for hydroxylation is 1. The van der Waals surface area contributed by atoms with Crippen LogP contribution in [0.5, 0.6) is 0 Å². The van der Waals surface area contributed by atoms with Gasteiger partial charge < -0.3 is 14.8 Å². The summed E-state index contributed by atoms with van der Waals surface area (Å²) in [6.07, 6.45) is 0. The van der Waals surface area contributed by atoms with Gasteiger partial charge >= 0.3 is 0 Å². The molecule has 4 heteroatoms. The molecule has 0 fully saturated rings.